The smallest absolute Gasteiger partial charge is 0.0695 e. The Bertz CT molecular complexity index is 204. The van der Waals surface area contributed by atoms with Gasteiger partial charge in [-0.25, -0.2) is 0 Å². The second-order valence-electron chi connectivity index (χ2n) is 4.21. The molecule has 1 aliphatic rings. The first-order chi connectivity index (χ1) is 6.25. The summed E-state index contributed by atoms with van der Waals surface area (Å²) in [5, 5.41) is 9.27. The molecule has 0 heterocycles. The first-order valence-corrected chi connectivity index (χ1v) is 5.29. The molecule has 1 fully saturated rings. The van der Waals surface area contributed by atoms with Gasteiger partial charge in [0.15, 0.2) is 0 Å². The molecule has 1 nitrogen and oxygen atoms in total. The molecule has 0 aromatic rings. The summed E-state index contributed by atoms with van der Waals surface area (Å²) in [6.45, 7) is 5.93. The normalized spacial score (nSPS) is 24.0. The fourth-order valence-electron chi connectivity index (χ4n) is 2.25. The van der Waals surface area contributed by atoms with Gasteiger partial charge in [-0.1, -0.05) is 38.7 Å². The maximum absolute atomic E-state index is 9.27. The summed E-state index contributed by atoms with van der Waals surface area (Å²) in [4.78, 5) is 0. The highest BCUT2D eigenvalue weighted by molar-refractivity contribution is 5.06. The van der Waals surface area contributed by atoms with E-state index >= 15 is 0 Å². The minimum atomic E-state index is -0.0990. The minimum Gasteiger partial charge on any atom is -0.198 e. The lowest BCUT2D eigenvalue weighted by Crippen LogP contribution is -2.25. The molecule has 1 unspecified atom stereocenters. The molecular formula is C12H19N. The average Bonchev–Trinajstić information content (AvgIpc) is 2.42. The van der Waals surface area contributed by atoms with Gasteiger partial charge in [0, 0.05) is 0 Å². The van der Waals surface area contributed by atoms with Crippen LogP contribution in [-0.4, -0.2) is 0 Å². The van der Waals surface area contributed by atoms with Crippen molar-refractivity contribution in [1.29, 1.82) is 5.26 Å². The molecule has 0 spiro atoms. The van der Waals surface area contributed by atoms with Gasteiger partial charge in [-0.2, -0.15) is 5.26 Å². The highest BCUT2D eigenvalue weighted by atomic mass is 14.4. The van der Waals surface area contributed by atoms with Crippen LogP contribution in [0.3, 0.4) is 0 Å². The highest BCUT2D eigenvalue weighted by Crippen LogP contribution is 2.41. The summed E-state index contributed by atoms with van der Waals surface area (Å²) in [6.07, 6.45) is 9.10. The fraction of sp³-hybridized carbons (Fsp3) is 0.750. The van der Waals surface area contributed by atoms with E-state index in [1.54, 1.807) is 0 Å². The van der Waals surface area contributed by atoms with Crippen molar-refractivity contribution in [3.63, 3.8) is 0 Å². The van der Waals surface area contributed by atoms with Crippen LogP contribution in [0.25, 0.3) is 0 Å². The number of allylic oxidation sites excluding steroid dienone is 1. The molecule has 72 valence electrons. The molecule has 1 aliphatic carbocycles. The number of nitriles is 1. The number of nitrogens with zero attached hydrogens (tertiary/aromatic N) is 1. The fourth-order valence-corrected chi connectivity index (χ4v) is 2.25. The second-order valence-corrected chi connectivity index (χ2v) is 4.21. The van der Waals surface area contributed by atoms with E-state index in [-0.39, 0.29) is 5.41 Å². The first kappa shape index (κ1) is 10.3. The van der Waals surface area contributed by atoms with E-state index in [0.29, 0.717) is 5.92 Å². The molecule has 0 aliphatic heterocycles. The summed E-state index contributed by atoms with van der Waals surface area (Å²) in [5.74, 6) is 0.343. The van der Waals surface area contributed by atoms with E-state index in [1.165, 1.54) is 25.7 Å². The van der Waals surface area contributed by atoms with Crippen molar-refractivity contribution in [1.82, 2.24) is 0 Å². The van der Waals surface area contributed by atoms with Crippen molar-refractivity contribution in [2.24, 2.45) is 11.3 Å². The Morgan fingerprint density at radius 2 is 1.85 bits per heavy atom. The maximum atomic E-state index is 9.27. The lowest BCUT2D eigenvalue weighted by Gasteiger charge is -2.29. The Kier molecular flexibility index (Phi) is 3.54. The number of hydrogen-bond acceptors (Lipinski definition) is 1. The molecule has 0 saturated heterocycles. The third-order valence-electron chi connectivity index (χ3n) is 3.44. The van der Waals surface area contributed by atoms with E-state index in [4.69, 9.17) is 0 Å². The molecule has 0 amide bonds. The SMILES string of the molecule is C=CC(C)C1(C#N)CCCCCC1. The quantitative estimate of drug-likeness (QED) is 0.466. The lowest BCUT2D eigenvalue weighted by molar-refractivity contribution is 0.264. The molecule has 1 heteroatoms. The van der Waals surface area contributed by atoms with Crippen LogP contribution in [0.5, 0.6) is 0 Å². The summed E-state index contributed by atoms with van der Waals surface area (Å²) >= 11 is 0. The molecular weight excluding hydrogens is 158 g/mol. The van der Waals surface area contributed by atoms with Gasteiger partial charge in [0.2, 0.25) is 0 Å². The third kappa shape index (κ3) is 2.12. The van der Waals surface area contributed by atoms with Crippen LogP contribution in [-0.2, 0) is 0 Å². The summed E-state index contributed by atoms with van der Waals surface area (Å²) in [7, 11) is 0. The van der Waals surface area contributed by atoms with Crippen LogP contribution in [0.1, 0.15) is 45.4 Å². The summed E-state index contributed by atoms with van der Waals surface area (Å²) in [5.41, 5.74) is -0.0990. The van der Waals surface area contributed by atoms with E-state index in [0.717, 1.165) is 12.8 Å². The highest BCUT2D eigenvalue weighted by Gasteiger charge is 2.34. The molecule has 0 bridgehead atoms. The van der Waals surface area contributed by atoms with Gasteiger partial charge in [-0.05, 0) is 18.8 Å². The van der Waals surface area contributed by atoms with Crippen molar-refractivity contribution < 1.29 is 0 Å². The van der Waals surface area contributed by atoms with Gasteiger partial charge in [-0.3, -0.25) is 0 Å². The third-order valence-corrected chi connectivity index (χ3v) is 3.44. The molecule has 13 heavy (non-hydrogen) atoms. The maximum Gasteiger partial charge on any atom is 0.0695 e. The van der Waals surface area contributed by atoms with E-state index in [2.05, 4.69) is 19.6 Å². The summed E-state index contributed by atoms with van der Waals surface area (Å²) < 4.78 is 0. The van der Waals surface area contributed by atoms with Gasteiger partial charge in [-0.15, -0.1) is 6.58 Å². The molecule has 0 aromatic heterocycles. The van der Waals surface area contributed by atoms with Crippen molar-refractivity contribution in [3.05, 3.63) is 12.7 Å². The van der Waals surface area contributed by atoms with E-state index in [1.807, 2.05) is 6.08 Å². The molecule has 0 N–H and O–H groups in total. The number of rotatable bonds is 2. The van der Waals surface area contributed by atoms with Crippen LogP contribution in [0.15, 0.2) is 12.7 Å². The largest absolute Gasteiger partial charge is 0.198 e. The van der Waals surface area contributed by atoms with Gasteiger partial charge in [0.25, 0.3) is 0 Å². The van der Waals surface area contributed by atoms with Gasteiger partial charge >= 0.3 is 0 Å². The first-order valence-electron chi connectivity index (χ1n) is 5.29. The molecule has 0 aromatic carbocycles. The average molecular weight is 177 g/mol. The standard InChI is InChI=1S/C12H19N/c1-3-11(2)12(10-13)8-6-4-5-7-9-12/h3,11H,1,4-9H2,2H3. The van der Waals surface area contributed by atoms with Crippen molar-refractivity contribution in [2.45, 2.75) is 45.4 Å². The van der Waals surface area contributed by atoms with Crippen molar-refractivity contribution in [2.75, 3.05) is 0 Å². The van der Waals surface area contributed by atoms with Crippen LogP contribution in [0.2, 0.25) is 0 Å². The van der Waals surface area contributed by atoms with Gasteiger partial charge in [0.1, 0.15) is 0 Å². The summed E-state index contributed by atoms with van der Waals surface area (Å²) in [6, 6.07) is 2.54. The zero-order valence-electron chi connectivity index (χ0n) is 8.55. The predicted octanol–water partition coefficient (Wildman–Crippen LogP) is 3.67. The monoisotopic (exact) mass is 177 g/mol. The van der Waals surface area contributed by atoms with Crippen molar-refractivity contribution in [3.8, 4) is 6.07 Å². The zero-order valence-corrected chi connectivity index (χ0v) is 8.55. The lowest BCUT2D eigenvalue weighted by atomic mass is 9.72. The minimum absolute atomic E-state index is 0.0990. The number of hydrogen-bond donors (Lipinski definition) is 0. The van der Waals surface area contributed by atoms with Gasteiger partial charge in [0.05, 0.1) is 11.5 Å². The van der Waals surface area contributed by atoms with Gasteiger partial charge < -0.3 is 0 Å². The Labute approximate surface area is 81.5 Å². The topological polar surface area (TPSA) is 23.8 Å². The Morgan fingerprint density at radius 1 is 1.31 bits per heavy atom. The van der Waals surface area contributed by atoms with E-state index in [9.17, 15) is 5.26 Å². The van der Waals surface area contributed by atoms with Crippen molar-refractivity contribution >= 4 is 0 Å². The van der Waals surface area contributed by atoms with E-state index < -0.39 is 0 Å². The Balaban J connectivity index is 2.77. The van der Waals surface area contributed by atoms with Crippen LogP contribution < -0.4 is 0 Å². The van der Waals surface area contributed by atoms with Crippen LogP contribution >= 0.6 is 0 Å². The molecule has 0 radical (unpaired) electrons. The van der Waals surface area contributed by atoms with Crippen LogP contribution in [0, 0.1) is 22.7 Å². The second kappa shape index (κ2) is 4.46. The Morgan fingerprint density at radius 3 is 2.23 bits per heavy atom. The predicted molar refractivity (Wildman–Crippen MR) is 55.1 cm³/mol. The molecule has 1 rings (SSSR count). The molecule has 1 saturated carbocycles. The molecule has 1 atom stereocenters. The zero-order chi connectivity index (χ0) is 9.73. The Hall–Kier alpha value is -0.770. The van der Waals surface area contributed by atoms with Crippen LogP contribution in [0.4, 0.5) is 0 Å².